The third-order valence-electron chi connectivity index (χ3n) is 2.49. The van der Waals surface area contributed by atoms with Crippen molar-refractivity contribution in [3.63, 3.8) is 0 Å². The normalized spacial score (nSPS) is 10.3. The highest BCUT2D eigenvalue weighted by Crippen LogP contribution is 2.05. The van der Waals surface area contributed by atoms with Crippen LogP contribution in [0.1, 0.15) is 12.8 Å². The van der Waals surface area contributed by atoms with Gasteiger partial charge in [-0.25, -0.2) is 0 Å². The zero-order valence-electron chi connectivity index (χ0n) is 10.4. The predicted octanol–water partition coefficient (Wildman–Crippen LogP) is 1.42. The lowest BCUT2D eigenvalue weighted by Gasteiger charge is -2.14. The Kier molecular flexibility index (Phi) is 5.87. The van der Waals surface area contributed by atoms with E-state index in [4.69, 9.17) is 5.11 Å². The van der Waals surface area contributed by atoms with Crippen LogP contribution in [0.15, 0.2) is 30.3 Å². The molecular formula is C13H18N2O3. The van der Waals surface area contributed by atoms with Crippen molar-refractivity contribution < 1.29 is 14.7 Å². The van der Waals surface area contributed by atoms with Crippen molar-refractivity contribution in [3.8, 4) is 0 Å². The maximum Gasteiger partial charge on any atom is 0.304 e. The standard InChI is InChI=1S/C13H18N2O3/c1-15(10-8-13(17)18)9-7-12(16)14-11-5-3-2-4-6-11/h2-6H,7-10H2,1H3,(H,14,16)(H,17,18). The number of rotatable bonds is 7. The number of aliphatic carboxylic acids is 1. The van der Waals surface area contributed by atoms with Gasteiger partial charge in [-0.15, -0.1) is 0 Å². The topological polar surface area (TPSA) is 69.6 Å². The number of carboxylic acid groups (broad SMARTS) is 1. The summed E-state index contributed by atoms with van der Waals surface area (Å²) in [6.45, 7) is 1.000. The molecule has 0 saturated carbocycles. The molecule has 0 aliphatic carbocycles. The quantitative estimate of drug-likeness (QED) is 0.768. The third kappa shape index (κ3) is 6.00. The Labute approximate surface area is 106 Å². The van der Waals surface area contributed by atoms with Crippen LogP contribution in [0.25, 0.3) is 0 Å². The number of carboxylic acids is 1. The van der Waals surface area contributed by atoms with Crippen LogP contribution in [0, 0.1) is 0 Å². The molecule has 0 spiro atoms. The number of anilines is 1. The van der Waals surface area contributed by atoms with Gasteiger partial charge in [-0.2, -0.15) is 0 Å². The van der Waals surface area contributed by atoms with Gasteiger partial charge >= 0.3 is 5.97 Å². The summed E-state index contributed by atoms with van der Waals surface area (Å²) in [5.41, 5.74) is 0.774. The molecule has 1 rings (SSSR count). The molecule has 1 aromatic carbocycles. The predicted molar refractivity (Wildman–Crippen MR) is 69.4 cm³/mol. The first-order valence-electron chi connectivity index (χ1n) is 5.83. The fraction of sp³-hybridized carbons (Fsp3) is 0.385. The fourth-order valence-electron chi connectivity index (χ4n) is 1.44. The number of hydrogen-bond acceptors (Lipinski definition) is 3. The van der Waals surface area contributed by atoms with Crippen molar-refractivity contribution in [1.29, 1.82) is 0 Å². The molecule has 0 heterocycles. The molecule has 0 bridgehead atoms. The summed E-state index contributed by atoms with van der Waals surface area (Å²) in [5.74, 6) is -0.890. The van der Waals surface area contributed by atoms with Crippen LogP contribution in [0.3, 0.4) is 0 Å². The highest BCUT2D eigenvalue weighted by atomic mass is 16.4. The Hall–Kier alpha value is -1.88. The minimum absolute atomic E-state index is 0.0663. The number of benzene rings is 1. The minimum atomic E-state index is -0.824. The largest absolute Gasteiger partial charge is 0.481 e. The van der Waals surface area contributed by atoms with Crippen molar-refractivity contribution in [2.24, 2.45) is 0 Å². The molecule has 0 atom stereocenters. The molecule has 0 radical (unpaired) electrons. The van der Waals surface area contributed by atoms with E-state index in [1.54, 1.807) is 7.05 Å². The zero-order chi connectivity index (χ0) is 13.4. The molecule has 0 aliphatic heterocycles. The van der Waals surface area contributed by atoms with E-state index in [2.05, 4.69) is 5.32 Å². The van der Waals surface area contributed by atoms with Crippen LogP contribution in [0.4, 0.5) is 5.69 Å². The smallest absolute Gasteiger partial charge is 0.304 e. The van der Waals surface area contributed by atoms with Gasteiger partial charge < -0.3 is 15.3 Å². The summed E-state index contributed by atoms with van der Waals surface area (Å²) < 4.78 is 0. The van der Waals surface area contributed by atoms with E-state index in [0.717, 1.165) is 5.69 Å². The molecule has 0 saturated heterocycles. The lowest BCUT2D eigenvalue weighted by atomic mass is 10.3. The molecule has 98 valence electrons. The second-order valence-corrected chi connectivity index (χ2v) is 4.11. The van der Waals surface area contributed by atoms with Crippen LogP contribution in [0.5, 0.6) is 0 Å². The van der Waals surface area contributed by atoms with Crippen LogP contribution in [0.2, 0.25) is 0 Å². The van der Waals surface area contributed by atoms with Crippen LogP contribution < -0.4 is 5.32 Å². The van der Waals surface area contributed by atoms with Gasteiger partial charge in [0.05, 0.1) is 6.42 Å². The Morgan fingerprint density at radius 2 is 1.78 bits per heavy atom. The van der Waals surface area contributed by atoms with Gasteiger partial charge in [0.25, 0.3) is 0 Å². The Bertz CT molecular complexity index is 392. The minimum Gasteiger partial charge on any atom is -0.481 e. The summed E-state index contributed by atoms with van der Waals surface area (Å²) in [6, 6.07) is 9.25. The molecular weight excluding hydrogens is 232 g/mol. The fourth-order valence-corrected chi connectivity index (χ4v) is 1.44. The molecule has 0 fully saturated rings. The Morgan fingerprint density at radius 3 is 2.39 bits per heavy atom. The van der Waals surface area contributed by atoms with Crippen LogP contribution in [-0.2, 0) is 9.59 Å². The first kappa shape index (κ1) is 14.2. The molecule has 0 unspecified atom stereocenters. The number of carbonyl (C=O) groups excluding carboxylic acids is 1. The van der Waals surface area contributed by atoms with E-state index in [1.807, 2.05) is 35.2 Å². The average molecular weight is 250 g/mol. The number of nitrogens with one attached hydrogen (secondary N) is 1. The molecule has 1 aromatic rings. The van der Waals surface area contributed by atoms with E-state index >= 15 is 0 Å². The summed E-state index contributed by atoms with van der Waals surface area (Å²) in [7, 11) is 1.80. The highest BCUT2D eigenvalue weighted by molar-refractivity contribution is 5.90. The summed E-state index contributed by atoms with van der Waals surface area (Å²) in [5, 5.41) is 11.3. The molecule has 0 aromatic heterocycles. The first-order chi connectivity index (χ1) is 8.58. The van der Waals surface area contributed by atoms with Crippen LogP contribution in [-0.4, -0.2) is 42.0 Å². The second-order valence-electron chi connectivity index (χ2n) is 4.11. The Morgan fingerprint density at radius 1 is 1.17 bits per heavy atom. The van der Waals surface area contributed by atoms with Crippen molar-refractivity contribution >= 4 is 17.6 Å². The maximum absolute atomic E-state index is 11.6. The van der Waals surface area contributed by atoms with Gasteiger partial charge in [0.15, 0.2) is 0 Å². The van der Waals surface area contributed by atoms with Gasteiger partial charge in [0, 0.05) is 25.2 Å². The van der Waals surface area contributed by atoms with Crippen LogP contribution >= 0.6 is 0 Å². The SMILES string of the molecule is CN(CCC(=O)O)CCC(=O)Nc1ccccc1. The van der Waals surface area contributed by atoms with Gasteiger partial charge in [0.1, 0.15) is 0 Å². The molecule has 2 N–H and O–H groups in total. The number of para-hydroxylation sites is 1. The lowest BCUT2D eigenvalue weighted by Crippen LogP contribution is -2.26. The number of carbonyl (C=O) groups is 2. The molecule has 0 aliphatic rings. The van der Waals surface area contributed by atoms with Crippen molar-refractivity contribution in [1.82, 2.24) is 4.90 Å². The number of hydrogen-bond donors (Lipinski definition) is 2. The first-order valence-corrected chi connectivity index (χ1v) is 5.83. The monoisotopic (exact) mass is 250 g/mol. The maximum atomic E-state index is 11.6. The van der Waals surface area contributed by atoms with Crippen molar-refractivity contribution in [3.05, 3.63) is 30.3 Å². The summed E-state index contributed by atoms with van der Waals surface area (Å²) in [6.07, 6.45) is 0.446. The Balaban J connectivity index is 2.23. The van der Waals surface area contributed by atoms with E-state index in [1.165, 1.54) is 0 Å². The lowest BCUT2D eigenvalue weighted by molar-refractivity contribution is -0.137. The van der Waals surface area contributed by atoms with E-state index in [0.29, 0.717) is 19.5 Å². The highest BCUT2D eigenvalue weighted by Gasteiger charge is 2.06. The summed E-state index contributed by atoms with van der Waals surface area (Å²) >= 11 is 0. The summed E-state index contributed by atoms with van der Waals surface area (Å²) in [4.78, 5) is 23.8. The third-order valence-corrected chi connectivity index (χ3v) is 2.49. The van der Waals surface area contributed by atoms with Gasteiger partial charge in [-0.3, -0.25) is 9.59 Å². The van der Waals surface area contributed by atoms with E-state index < -0.39 is 5.97 Å². The number of amides is 1. The van der Waals surface area contributed by atoms with Gasteiger partial charge in [-0.05, 0) is 19.2 Å². The number of nitrogens with zero attached hydrogens (tertiary/aromatic N) is 1. The van der Waals surface area contributed by atoms with Gasteiger partial charge in [0.2, 0.25) is 5.91 Å². The van der Waals surface area contributed by atoms with Gasteiger partial charge in [-0.1, -0.05) is 18.2 Å². The average Bonchev–Trinajstić information content (AvgIpc) is 2.35. The second kappa shape index (κ2) is 7.45. The van der Waals surface area contributed by atoms with E-state index in [9.17, 15) is 9.59 Å². The van der Waals surface area contributed by atoms with Crippen molar-refractivity contribution in [2.75, 3.05) is 25.5 Å². The molecule has 5 heteroatoms. The van der Waals surface area contributed by atoms with Crippen molar-refractivity contribution in [2.45, 2.75) is 12.8 Å². The van der Waals surface area contributed by atoms with E-state index in [-0.39, 0.29) is 12.3 Å². The zero-order valence-corrected chi connectivity index (χ0v) is 10.4. The molecule has 18 heavy (non-hydrogen) atoms. The molecule has 1 amide bonds. The molecule has 5 nitrogen and oxygen atoms in total.